The fourth-order valence-corrected chi connectivity index (χ4v) is 1.52. The van der Waals surface area contributed by atoms with E-state index in [0.717, 1.165) is 18.9 Å². The Morgan fingerprint density at radius 3 is 2.42 bits per heavy atom. The predicted octanol–water partition coefficient (Wildman–Crippen LogP) is 3.02. The van der Waals surface area contributed by atoms with Gasteiger partial charge in [0.25, 0.3) is 0 Å². The Balaban J connectivity index is 0. The Bertz CT molecular complexity index is 239. The van der Waals surface area contributed by atoms with E-state index in [1.807, 2.05) is 0 Å². The summed E-state index contributed by atoms with van der Waals surface area (Å²) in [7, 11) is 1.70. The van der Waals surface area contributed by atoms with Crippen molar-refractivity contribution in [1.29, 1.82) is 0 Å². The van der Waals surface area contributed by atoms with E-state index < -0.39 is 0 Å². The average molecular weight is 385 g/mol. The first kappa shape index (κ1) is 21.3. The van der Waals surface area contributed by atoms with Crippen molar-refractivity contribution >= 4 is 29.9 Å². The van der Waals surface area contributed by atoms with Crippen LogP contribution in [-0.2, 0) is 4.74 Å². The molecule has 0 aromatic carbocycles. The third-order valence-corrected chi connectivity index (χ3v) is 2.62. The fourth-order valence-electron chi connectivity index (χ4n) is 1.52. The summed E-state index contributed by atoms with van der Waals surface area (Å²) in [6.45, 7) is 13.3. The van der Waals surface area contributed by atoms with Crippen molar-refractivity contribution in [3.05, 3.63) is 0 Å². The molecule has 19 heavy (non-hydrogen) atoms. The maximum atomic E-state index is 5.00. The van der Waals surface area contributed by atoms with Crippen molar-refractivity contribution < 1.29 is 4.74 Å². The normalized spacial score (nSPS) is 13.7. The quantitative estimate of drug-likeness (QED) is 0.307. The molecule has 116 valence electrons. The van der Waals surface area contributed by atoms with Crippen LogP contribution >= 0.6 is 24.0 Å². The zero-order chi connectivity index (χ0) is 14.0. The molecule has 0 amide bonds. The number of guanidine groups is 1. The first-order valence-corrected chi connectivity index (χ1v) is 6.93. The Labute approximate surface area is 136 Å². The van der Waals surface area contributed by atoms with Gasteiger partial charge in [-0.25, -0.2) is 0 Å². The van der Waals surface area contributed by atoms with Gasteiger partial charge in [0, 0.05) is 19.7 Å². The average Bonchev–Trinajstić information content (AvgIpc) is 2.26. The van der Waals surface area contributed by atoms with E-state index >= 15 is 0 Å². The number of aliphatic imine (C=N–C) groups is 1. The summed E-state index contributed by atoms with van der Waals surface area (Å²) in [5.74, 6) is 0.885. The third kappa shape index (κ3) is 14.2. The summed E-state index contributed by atoms with van der Waals surface area (Å²) in [6, 6.07) is 0.435. The summed E-state index contributed by atoms with van der Waals surface area (Å²) >= 11 is 0. The summed E-state index contributed by atoms with van der Waals surface area (Å²) in [5.41, 5.74) is 0.390. The van der Waals surface area contributed by atoms with Gasteiger partial charge in [0.1, 0.15) is 0 Å². The van der Waals surface area contributed by atoms with Gasteiger partial charge in [0.15, 0.2) is 5.96 Å². The molecule has 0 spiro atoms. The van der Waals surface area contributed by atoms with Crippen LogP contribution in [0, 0.1) is 5.41 Å². The Hall–Kier alpha value is -0.0400. The molecule has 2 N–H and O–H groups in total. The van der Waals surface area contributed by atoms with Gasteiger partial charge in [0.2, 0.25) is 0 Å². The van der Waals surface area contributed by atoms with Crippen molar-refractivity contribution in [2.75, 3.05) is 26.8 Å². The van der Waals surface area contributed by atoms with Crippen LogP contribution in [0.3, 0.4) is 0 Å². The number of methoxy groups -OCH3 is 1. The van der Waals surface area contributed by atoms with E-state index in [4.69, 9.17) is 4.74 Å². The molecule has 1 unspecified atom stereocenters. The smallest absolute Gasteiger partial charge is 0.191 e. The lowest BCUT2D eigenvalue weighted by atomic mass is 9.89. The second-order valence-corrected chi connectivity index (χ2v) is 5.90. The number of nitrogens with one attached hydrogen (secondary N) is 2. The number of rotatable bonds is 7. The second-order valence-electron chi connectivity index (χ2n) is 5.90. The highest BCUT2D eigenvalue weighted by molar-refractivity contribution is 14.0. The number of halogens is 1. The molecule has 4 nitrogen and oxygen atoms in total. The highest BCUT2D eigenvalue weighted by atomic mass is 127. The monoisotopic (exact) mass is 385 g/mol. The predicted molar refractivity (Wildman–Crippen MR) is 94.6 cm³/mol. The molecular formula is C14H32IN3O. The molecule has 0 aliphatic rings. The van der Waals surface area contributed by atoms with E-state index in [1.54, 1.807) is 7.11 Å². The summed E-state index contributed by atoms with van der Waals surface area (Å²) in [6.07, 6.45) is 2.36. The van der Waals surface area contributed by atoms with Crippen LogP contribution in [0.25, 0.3) is 0 Å². The van der Waals surface area contributed by atoms with Gasteiger partial charge in [-0.1, -0.05) is 20.8 Å². The van der Waals surface area contributed by atoms with Crippen molar-refractivity contribution in [3.63, 3.8) is 0 Å². The molecule has 0 bridgehead atoms. The van der Waals surface area contributed by atoms with Gasteiger partial charge >= 0.3 is 0 Å². The highest BCUT2D eigenvalue weighted by Crippen LogP contribution is 2.21. The Kier molecular flexibility index (Phi) is 13.2. The minimum Gasteiger partial charge on any atom is -0.383 e. The molecule has 5 heteroatoms. The molecule has 1 atom stereocenters. The Morgan fingerprint density at radius 2 is 1.95 bits per heavy atom. The van der Waals surface area contributed by atoms with Gasteiger partial charge in [-0.2, -0.15) is 0 Å². The Morgan fingerprint density at radius 1 is 1.32 bits per heavy atom. The molecule has 0 fully saturated rings. The zero-order valence-corrected chi connectivity index (χ0v) is 15.7. The van der Waals surface area contributed by atoms with Gasteiger partial charge in [-0.15, -0.1) is 24.0 Å². The molecular weight excluding hydrogens is 353 g/mol. The molecule has 0 radical (unpaired) electrons. The maximum absolute atomic E-state index is 5.00. The minimum atomic E-state index is 0. The van der Waals surface area contributed by atoms with Crippen LogP contribution in [-0.4, -0.2) is 38.8 Å². The molecule has 0 rings (SSSR count). The minimum absolute atomic E-state index is 0. The van der Waals surface area contributed by atoms with E-state index in [1.165, 1.54) is 6.42 Å². The lowest BCUT2D eigenvalue weighted by Gasteiger charge is -2.23. The highest BCUT2D eigenvalue weighted by Gasteiger charge is 2.13. The van der Waals surface area contributed by atoms with Crippen molar-refractivity contribution in [3.8, 4) is 0 Å². The molecule has 0 saturated heterocycles. The van der Waals surface area contributed by atoms with Crippen LogP contribution in [0.15, 0.2) is 4.99 Å². The first-order chi connectivity index (χ1) is 8.39. The second kappa shape index (κ2) is 11.8. The summed E-state index contributed by atoms with van der Waals surface area (Å²) in [4.78, 5) is 4.46. The molecule has 0 aromatic heterocycles. The number of nitrogens with zero attached hydrogens (tertiary/aromatic N) is 1. The van der Waals surface area contributed by atoms with E-state index in [-0.39, 0.29) is 24.0 Å². The molecule has 0 aliphatic carbocycles. The van der Waals surface area contributed by atoms with Crippen LogP contribution < -0.4 is 10.6 Å². The van der Waals surface area contributed by atoms with E-state index in [0.29, 0.717) is 24.6 Å². The van der Waals surface area contributed by atoms with Gasteiger partial charge in [-0.3, -0.25) is 4.99 Å². The number of ether oxygens (including phenoxy) is 1. The van der Waals surface area contributed by atoms with Crippen LogP contribution in [0.2, 0.25) is 0 Å². The molecule has 0 saturated carbocycles. The molecule has 0 aliphatic heterocycles. The van der Waals surface area contributed by atoms with Crippen LogP contribution in [0.1, 0.15) is 47.5 Å². The van der Waals surface area contributed by atoms with E-state index in [9.17, 15) is 0 Å². The SMILES string of the molecule is CCNC(=NCCOC)NC(C)CCC(C)(C)C.I. The zero-order valence-electron chi connectivity index (χ0n) is 13.4. The van der Waals surface area contributed by atoms with Crippen LogP contribution in [0.5, 0.6) is 0 Å². The summed E-state index contributed by atoms with van der Waals surface area (Å²) in [5, 5.41) is 6.69. The van der Waals surface area contributed by atoms with Crippen molar-refractivity contribution in [1.82, 2.24) is 10.6 Å². The van der Waals surface area contributed by atoms with Gasteiger partial charge in [-0.05, 0) is 32.1 Å². The van der Waals surface area contributed by atoms with Crippen molar-refractivity contribution in [2.24, 2.45) is 10.4 Å². The molecule has 0 heterocycles. The largest absolute Gasteiger partial charge is 0.383 e. The lowest BCUT2D eigenvalue weighted by molar-refractivity contribution is 0.208. The standard InChI is InChI=1S/C14H31N3O.HI/c1-7-15-13(16-10-11-18-6)17-12(2)8-9-14(3,4)5;/h12H,7-11H2,1-6H3,(H2,15,16,17);1H. The fraction of sp³-hybridized carbons (Fsp3) is 0.929. The summed E-state index contributed by atoms with van der Waals surface area (Å²) < 4.78 is 5.00. The number of hydrogen-bond acceptors (Lipinski definition) is 2. The van der Waals surface area contributed by atoms with E-state index in [2.05, 4.69) is 50.2 Å². The third-order valence-electron chi connectivity index (χ3n) is 2.62. The lowest BCUT2D eigenvalue weighted by Crippen LogP contribution is -2.42. The van der Waals surface area contributed by atoms with Gasteiger partial charge in [0.05, 0.1) is 13.2 Å². The van der Waals surface area contributed by atoms with Crippen LogP contribution in [0.4, 0.5) is 0 Å². The first-order valence-electron chi connectivity index (χ1n) is 6.93. The van der Waals surface area contributed by atoms with Crippen molar-refractivity contribution in [2.45, 2.75) is 53.5 Å². The molecule has 0 aromatic rings. The number of hydrogen-bond donors (Lipinski definition) is 2. The topological polar surface area (TPSA) is 45.7 Å². The maximum Gasteiger partial charge on any atom is 0.191 e. The van der Waals surface area contributed by atoms with Gasteiger partial charge < -0.3 is 15.4 Å².